The van der Waals surface area contributed by atoms with Gasteiger partial charge in [-0.15, -0.1) is 12.4 Å². The number of ether oxygens (including phenoxy) is 1. The summed E-state index contributed by atoms with van der Waals surface area (Å²) in [7, 11) is 3.86. The summed E-state index contributed by atoms with van der Waals surface area (Å²) in [6, 6.07) is 6.32. The first kappa shape index (κ1) is 11.2. The second-order valence-electron chi connectivity index (χ2n) is 3.52. The Morgan fingerprint density at radius 1 is 1.36 bits per heavy atom. The number of methoxy groups -OCH3 is 1. The Bertz CT molecular complexity index is 314. The predicted molar refractivity (Wildman–Crippen MR) is 61.8 cm³/mol. The number of aryl methyl sites for hydroxylation is 1. The molecular weight excluding hydrogens is 198 g/mol. The highest BCUT2D eigenvalue weighted by molar-refractivity contribution is 5.85. The largest absolute Gasteiger partial charge is 0.497 e. The van der Waals surface area contributed by atoms with Crippen LogP contribution in [0.4, 0.5) is 5.69 Å². The molecule has 1 aromatic rings. The van der Waals surface area contributed by atoms with Gasteiger partial charge in [0.2, 0.25) is 0 Å². The minimum absolute atomic E-state index is 0. The van der Waals surface area contributed by atoms with E-state index in [4.69, 9.17) is 4.74 Å². The van der Waals surface area contributed by atoms with E-state index in [1.807, 2.05) is 6.07 Å². The first-order valence-electron chi connectivity index (χ1n) is 4.69. The molecule has 0 saturated heterocycles. The molecule has 3 heteroatoms. The van der Waals surface area contributed by atoms with E-state index in [9.17, 15) is 0 Å². The highest BCUT2D eigenvalue weighted by Gasteiger charge is 2.13. The van der Waals surface area contributed by atoms with Crippen molar-refractivity contribution in [2.75, 3.05) is 25.6 Å². The normalized spacial score (nSPS) is 14.3. The second kappa shape index (κ2) is 4.56. The first-order chi connectivity index (χ1) is 6.31. The SMILES string of the molecule is COc1ccc2c(c1)CCCN2C.Cl. The summed E-state index contributed by atoms with van der Waals surface area (Å²) in [6.45, 7) is 1.17. The number of halogens is 1. The number of nitrogens with zero attached hydrogens (tertiary/aromatic N) is 1. The third-order valence-electron chi connectivity index (χ3n) is 2.64. The number of benzene rings is 1. The number of hydrogen-bond acceptors (Lipinski definition) is 2. The van der Waals surface area contributed by atoms with Gasteiger partial charge in [0.25, 0.3) is 0 Å². The topological polar surface area (TPSA) is 12.5 Å². The Hall–Kier alpha value is -0.890. The fourth-order valence-electron chi connectivity index (χ4n) is 1.89. The summed E-state index contributed by atoms with van der Waals surface area (Å²) in [5.74, 6) is 0.967. The summed E-state index contributed by atoms with van der Waals surface area (Å²) in [5, 5.41) is 0. The Morgan fingerprint density at radius 2 is 2.14 bits per heavy atom. The van der Waals surface area contributed by atoms with E-state index in [0.717, 1.165) is 5.75 Å². The van der Waals surface area contributed by atoms with Crippen LogP contribution in [0.5, 0.6) is 5.75 Å². The number of rotatable bonds is 1. The van der Waals surface area contributed by atoms with Gasteiger partial charge in [-0.05, 0) is 36.6 Å². The lowest BCUT2D eigenvalue weighted by Crippen LogP contribution is -2.24. The minimum atomic E-state index is 0. The molecule has 0 unspecified atom stereocenters. The van der Waals surface area contributed by atoms with Crippen molar-refractivity contribution in [3.05, 3.63) is 23.8 Å². The van der Waals surface area contributed by atoms with E-state index in [-0.39, 0.29) is 12.4 Å². The number of fused-ring (bicyclic) bond motifs is 1. The minimum Gasteiger partial charge on any atom is -0.497 e. The van der Waals surface area contributed by atoms with Crippen molar-refractivity contribution in [3.63, 3.8) is 0 Å². The average Bonchev–Trinajstić information content (AvgIpc) is 2.18. The zero-order valence-corrected chi connectivity index (χ0v) is 9.43. The predicted octanol–water partition coefficient (Wildman–Crippen LogP) is 2.50. The monoisotopic (exact) mass is 213 g/mol. The van der Waals surface area contributed by atoms with Gasteiger partial charge in [0.05, 0.1) is 7.11 Å². The van der Waals surface area contributed by atoms with Crippen LogP contribution < -0.4 is 9.64 Å². The van der Waals surface area contributed by atoms with Crippen molar-refractivity contribution < 1.29 is 4.74 Å². The molecule has 1 aromatic carbocycles. The molecule has 0 fully saturated rings. The molecule has 0 spiro atoms. The van der Waals surface area contributed by atoms with Crippen molar-refractivity contribution in [2.45, 2.75) is 12.8 Å². The smallest absolute Gasteiger partial charge is 0.119 e. The fourth-order valence-corrected chi connectivity index (χ4v) is 1.89. The molecule has 0 bridgehead atoms. The van der Waals surface area contributed by atoms with Gasteiger partial charge in [-0.3, -0.25) is 0 Å². The van der Waals surface area contributed by atoms with Crippen LogP contribution >= 0.6 is 12.4 Å². The quantitative estimate of drug-likeness (QED) is 0.711. The van der Waals surface area contributed by atoms with Gasteiger partial charge in [0, 0.05) is 19.3 Å². The molecule has 1 heterocycles. The van der Waals surface area contributed by atoms with Crippen molar-refractivity contribution in [1.82, 2.24) is 0 Å². The number of hydrogen-bond donors (Lipinski definition) is 0. The van der Waals surface area contributed by atoms with Gasteiger partial charge in [0.1, 0.15) is 5.75 Å². The molecule has 0 aliphatic carbocycles. The highest BCUT2D eigenvalue weighted by atomic mass is 35.5. The van der Waals surface area contributed by atoms with Crippen molar-refractivity contribution in [3.8, 4) is 5.75 Å². The van der Waals surface area contributed by atoms with Crippen molar-refractivity contribution >= 4 is 18.1 Å². The fraction of sp³-hybridized carbons (Fsp3) is 0.455. The molecule has 0 N–H and O–H groups in total. The van der Waals surface area contributed by atoms with Gasteiger partial charge < -0.3 is 9.64 Å². The maximum absolute atomic E-state index is 5.20. The van der Waals surface area contributed by atoms with Crippen molar-refractivity contribution in [2.24, 2.45) is 0 Å². The van der Waals surface area contributed by atoms with Gasteiger partial charge in [-0.25, -0.2) is 0 Å². The molecule has 0 atom stereocenters. The molecule has 1 aliphatic rings. The Kier molecular flexibility index (Phi) is 3.64. The molecule has 14 heavy (non-hydrogen) atoms. The van der Waals surface area contributed by atoms with Crippen LogP contribution in [-0.4, -0.2) is 20.7 Å². The van der Waals surface area contributed by atoms with Crippen LogP contribution in [0.1, 0.15) is 12.0 Å². The summed E-state index contributed by atoms with van der Waals surface area (Å²) < 4.78 is 5.20. The van der Waals surface area contributed by atoms with Crippen LogP contribution in [-0.2, 0) is 6.42 Å². The summed E-state index contributed by atoms with van der Waals surface area (Å²) in [4.78, 5) is 2.30. The van der Waals surface area contributed by atoms with Gasteiger partial charge in [0.15, 0.2) is 0 Å². The lowest BCUT2D eigenvalue weighted by molar-refractivity contribution is 0.414. The Morgan fingerprint density at radius 3 is 2.86 bits per heavy atom. The molecule has 78 valence electrons. The Labute approximate surface area is 91.3 Å². The maximum Gasteiger partial charge on any atom is 0.119 e. The molecule has 0 amide bonds. The molecule has 0 radical (unpaired) electrons. The van der Waals surface area contributed by atoms with Gasteiger partial charge in [-0.1, -0.05) is 0 Å². The van der Waals surface area contributed by atoms with E-state index < -0.39 is 0 Å². The summed E-state index contributed by atoms with van der Waals surface area (Å²) in [6.07, 6.45) is 2.42. The standard InChI is InChI=1S/C11H15NO.ClH/c1-12-7-3-4-9-8-10(13-2)5-6-11(9)12;/h5-6,8H,3-4,7H2,1-2H3;1H. The molecule has 2 rings (SSSR count). The van der Waals surface area contributed by atoms with Crippen LogP contribution in [0, 0.1) is 0 Å². The van der Waals surface area contributed by atoms with E-state index in [0.29, 0.717) is 0 Å². The molecular formula is C11H16ClNO. The van der Waals surface area contributed by atoms with Crippen LogP contribution in [0.3, 0.4) is 0 Å². The van der Waals surface area contributed by atoms with Crippen molar-refractivity contribution in [1.29, 1.82) is 0 Å². The third-order valence-corrected chi connectivity index (χ3v) is 2.64. The van der Waals surface area contributed by atoms with Gasteiger partial charge >= 0.3 is 0 Å². The number of anilines is 1. The Balaban J connectivity index is 0.000000980. The average molecular weight is 214 g/mol. The first-order valence-corrected chi connectivity index (χ1v) is 4.69. The van der Waals surface area contributed by atoms with Crippen LogP contribution in [0.25, 0.3) is 0 Å². The molecule has 0 saturated carbocycles. The second-order valence-corrected chi connectivity index (χ2v) is 3.52. The molecule has 1 aliphatic heterocycles. The highest BCUT2D eigenvalue weighted by Crippen LogP contribution is 2.29. The van der Waals surface area contributed by atoms with Gasteiger partial charge in [-0.2, -0.15) is 0 Å². The lowest BCUT2D eigenvalue weighted by Gasteiger charge is -2.27. The van der Waals surface area contributed by atoms with Crippen LogP contribution in [0.2, 0.25) is 0 Å². The zero-order chi connectivity index (χ0) is 9.26. The lowest BCUT2D eigenvalue weighted by atomic mass is 10.0. The van der Waals surface area contributed by atoms with E-state index >= 15 is 0 Å². The van der Waals surface area contributed by atoms with Crippen LogP contribution in [0.15, 0.2) is 18.2 Å². The zero-order valence-electron chi connectivity index (χ0n) is 8.62. The van der Waals surface area contributed by atoms with E-state index in [1.54, 1.807) is 7.11 Å². The maximum atomic E-state index is 5.20. The van der Waals surface area contributed by atoms with E-state index in [1.165, 1.54) is 30.6 Å². The molecule has 0 aromatic heterocycles. The third kappa shape index (κ3) is 1.95. The summed E-state index contributed by atoms with van der Waals surface area (Å²) >= 11 is 0. The molecule has 2 nitrogen and oxygen atoms in total. The van der Waals surface area contributed by atoms with E-state index in [2.05, 4.69) is 24.1 Å². The summed E-state index contributed by atoms with van der Waals surface area (Å²) in [5.41, 5.74) is 2.76.